The fraction of sp³-hybridized carbons (Fsp3) is 0.0625. The van der Waals surface area contributed by atoms with Gasteiger partial charge < -0.3 is 15.5 Å². The monoisotopic (exact) mass is 299 g/mol. The number of benzene rings is 2. The molecule has 0 saturated heterocycles. The second kappa shape index (κ2) is 6.09. The first-order valence-corrected chi connectivity index (χ1v) is 6.37. The van der Waals surface area contributed by atoms with Crippen LogP contribution in [-0.2, 0) is 0 Å². The normalized spacial score (nSPS) is 10.0. The van der Waals surface area contributed by atoms with Crippen molar-refractivity contribution >= 4 is 23.5 Å². The summed E-state index contributed by atoms with van der Waals surface area (Å²) in [4.78, 5) is 34.3. The molecule has 22 heavy (non-hydrogen) atoms. The standard InChI is InChI=1S/C16H13NO5/c1-9-4-2-3-5-13(9)14(18)17-12-7-10(15(19)20)6-11(8-12)16(21)22/h2-8H,1H3,(H,17,18)(H,19,20)(H,21,22). The van der Waals surface area contributed by atoms with Gasteiger partial charge in [0, 0.05) is 11.3 Å². The minimum absolute atomic E-state index is 0.116. The predicted octanol–water partition coefficient (Wildman–Crippen LogP) is 2.64. The van der Waals surface area contributed by atoms with Gasteiger partial charge in [0.2, 0.25) is 0 Å². The molecule has 6 heteroatoms. The Bertz CT molecular complexity index is 735. The second-order valence-corrected chi connectivity index (χ2v) is 4.68. The molecule has 0 fully saturated rings. The maximum Gasteiger partial charge on any atom is 0.335 e. The maximum absolute atomic E-state index is 12.2. The van der Waals surface area contributed by atoms with Crippen LogP contribution in [0.15, 0.2) is 42.5 Å². The van der Waals surface area contributed by atoms with Crippen LogP contribution in [0.25, 0.3) is 0 Å². The zero-order valence-corrected chi connectivity index (χ0v) is 11.7. The van der Waals surface area contributed by atoms with Crippen molar-refractivity contribution in [1.29, 1.82) is 0 Å². The van der Waals surface area contributed by atoms with Gasteiger partial charge in [0.05, 0.1) is 11.1 Å². The number of carbonyl (C=O) groups is 3. The quantitative estimate of drug-likeness (QED) is 0.805. The van der Waals surface area contributed by atoms with E-state index in [1.807, 2.05) is 0 Å². The van der Waals surface area contributed by atoms with E-state index in [1.54, 1.807) is 31.2 Å². The summed E-state index contributed by atoms with van der Waals surface area (Å²) in [6.07, 6.45) is 0. The Hall–Kier alpha value is -3.15. The maximum atomic E-state index is 12.2. The lowest BCUT2D eigenvalue weighted by Gasteiger charge is -2.09. The third-order valence-corrected chi connectivity index (χ3v) is 3.07. The molecule has 0 atom stereocenters. The molecule has 0 radical (unpaired) electrons. The van der Waals surface area contributed by atoms with E-state index < -0.39 is 17.8 Å². The van der Waals surface area contributed by atoms with E-state index in [4.69, 9.17) is 10.2 Å². The van der Waals surface area contributed by atoms with E-state index in [0.29, 0.717) is 5.56 Å². The Labute approximate surface area is 126 Å². The molecule has 112 valence electrons. The molecule has 2 aromatic carbocycles. The molecule has 0 saturated carbocycles. The van der Waals surface area contributed by atoms with Gasteiger partial charge in [0.25, 0.3) is 5.91 Å². The number of hydrogen-bond acceptors (Lipinski definition) is 3. The van der Waals surface area contributed by atoms with E-state index in [9.17, 15) is 14.4 Å². The van der Waals surface area contributed by atoms with Crippen LogP contribution in [0.3, 0.4) is 0 Å². The Morgan fingerprint density at radius 1 is 0.909 bits per heavy atom. The first-order valence-electron chi connectivity index (χ1n) is 6.37. The summed E-state index contributed by atoms with van der Waals surface area (Å²) < 4.78 is 0. The fourth-order valence-electron chi connectivity index (χ4n) is 1.97. The average Bonchev–Trinajstić information content (AvgIpc) is 2.47. The highest BCUT2D eigenvalue weighted by Crippen LogP contribution is 2.17. The zero-order valence-electron chi connectivity index (χ0n) is 11.7. The average molecular weight is 299 g/mol. The van der Waals surface area contributed by atoms with Gasteiger partial charge in [-0.1, -0.05) is 18.2 Å². The number of anilines is 1. The number of amides is 1. The van der Waals surface area contributed by atoms with Crippen LogP contribution in [0.2, 0.25) is 0 Å². The van der Waals surface area contributed by atoms with Gasteiger partial charge in [0.15, 0.2) is 0 Å². The van der Waals surface area contributed by atoms with Crippen LogP contribution in [0, 0.1) is 6.92 Å². The number of hydrogen-bond donors (Lipinski definition) is 3. The summed E-state index contributed by atoms with van der Waals surface area (Å²) in [5.41, 5.74) is 0.887. The molecule has 6 nitrogen and oxygen atoms in total. The fourth-order valence-corrected chi connectivity index (χ4v) is 1.97. The summed E-state index contributed by atoms with van der Waals surface area (Å²) in [7, 11) is 0. The third kappa shape index (κ3) is 3.29. The van der Waals surface area contributed by atoms with Crippen LogP contribution < -0.4 is 5.32 Å². The summed E-state index contributed by atoms with van der Waals surface area (Å²) in [6, 6.07) is 10.4. The molecule has 1 amide bonds. The van der Waals surface area contributed by atoms with Crippen LogP contribution >= 0.6 is 0 Å². The van der Waals surface area contributed by atoms with Gasteiger partial charge in [-0.3, -0.25) is 4.79 Å². The third-order valence-electron chi connectivity index (χ3n) is 3.07. The molecule has 2 aromatic rings. The molecule has 3 N–H and O–H groups in total. The first kappa shape index (κ1) is 15.2. The molecule has 0 heterocycles. The Kier molecular flexibility index (Phi) is 4.22. The van der Waals surface area contributed by atoms with Crippen molar-refractivity contribution in [1.82, 2.24) is 0 Å². The van der Waals surface area contributed by atoms with Crippen molar-refractivity contribution < 1.29 is 24.6 Å². The van der Waals surface area contributed by atoms with E-state index in [-0.39, 0.29) is 16.8 Å². The first-order chi connectivity index (χ1) is 10.4. The van der Waals surface area contributed by atoms with Gasteiger partial charge >= 0.3 is 11.9 Å². The van der Waals surface area contributed by atoms with Gasteiger partial charge in [-0.05, 0) is 36.8 Å². The highest BCUT2D eigenvalue weighted by Gasteiger charge is 2.14. The molecule has 0 unspecified atom stereocenters. The van der Waals surface area contributed by atoms with Gasteiger partial charge in [-0.15, -0.1) is 0 Å². The van der Waals surface area contributed by atoms with Crippen LogP contribution in [0.5, 0.6) is 0 Å². The molecular formula is C16H13NO5. The van der Waals surface area contributed by atoms with Gasteiger partial charge in [-0.25, -0.2) is 9.59 Å². The number of carbonyl (C=O) groups excluding carboxylic acids is 1. The molecule has 0 aliphatic carbocycles. The van der Waals surface area contributed by atoms with Gasteiger partial charge in [-0.2, -0.15) is 0 Å². The van der Waals surface area contributed by atoms with E-state index in [0.717, 1.165) is 11.6 Å². The summed E-state index contributed by atoms with van der Waals surface area (Å²) in [5, 5.41) is 20.5. The predicted molar refractivity (Wildman–Crippen MR) is 79.5 cm³/mol. The van der Waals surface area contributed by atoms with Crippen molar-refractivity contribution in [3.05, 3.63) is 64.7 Å². The number of carboxylic acids is 2. The molecule has 0 aromatic heterocycles. The summed E-state index contributed by atoms with van der Waals surface area (Å²) in [5.74, 6) is -2.97. The van der Waals surface area contributed by atoms with Crippen LogP contribution in [0.4, 0.5) is 5.69 Å². The molecule has 0 aliphatic rings. The number of nitrogens with one attached hydrogen (secondary N) is 1. The molecule has 0 spiro atoms. The molecular weight excluding hydrogens is 286 g/mol. The Balaban J connectivity index is 2.37. The smallest absolute Gasteiger partial charge is 0.335 e. The number of aromatic carboxylic acids is 2. The highest BCUT2D eigenvalue weighted by molar-refractivity contribution is 6.06. The minimum Gasteiger partial charge on any atom is -0.478 e. The van der Waals surface area contributed by atoms with E-state index >= 15 is 0 Å². The Morgan fingerprint density at radius 2 is 1.45 bits per heavy atom. The highest BCUT2D eigenvalue weighted by atomic mass is 16.4. The lowest BCUT2D eigenvalue weighted by molar-refractivity contribution is 0.0696. The van der Waals surface area contributed by atoms with Crippen LogP contribution in [-0.4, -0.2) is 28.1 Å². The minimum atomic E-state index is -1.27. The zero-order chi connectivity index (χ0) is 16.3. The SMILES string of the molecule is Cc1ccccc1C(=O)Nc1cc(C(=O)O)cc(C(=O)O)c1. The lowest BCUT2D eigenvalue weighted by atomic mass is 10.1. The molecule has 2 rings (SSSR count). The second-order valence-electron chi connectivity index (χ2n) is 4.68. The van der Waals surface area contributed by atoms with Crippen molar-refractivity contribution in [2.24, 2.45) is 0 Å². The molecule has 0 bridgehead atoms. The molecule has 0 aliphatic heterocycles. The van der Waals surface area contributed by atoms with Crippen LogP contribution in [0.1, 0.15) is 36.6 Å². The topological polar surface area (TPSA) is 104 Å². The number of carboxylic acid groups (broad SMARTS) is 2. The van der Waals surface area contributed by atoms with E-state index in [1.165, 1.54) is 12.1 Å². The Morgan fingerprint density at radius 3 is 1.95 bits per heavy atom. The van der Waals surface area contributed by atoms with Crippen molar-refractivity contribution in [2.45, 2.75) is 6.92 Å². The summed E-state index contributed by atoms with van der Waals surface area (Å²) in [6.45, 7) is 1.77. The summed E-state index contributed by atoms with van der Waals surface area (Å²) >= 11 is 0. The van der Waals surface area contributed by atoms with E-state index in [2.05, 4.69) is 5.32 Å². The van der Waals surface area contributed by atoms with Crippen molar-refractivity contribution in [2.75, 3.05) is 5.32 Å². The van der Waals surface area contributed by atoms with Gasteiger partial charge in [0.1, 0.15) is 0 Å². The number of rotatable bonds is 4. The van der Waals surface area contributed by atoms with Crippen molar-refractivity contribution in [3.8, 4) is 0 Å². The number of aryl methyl sites for hydroxylation is 1. The van der Waals surface area contributed by atoms with Crippen molar-refractivity contribution in [3.63, 3.8) is 0 Å². The lowest BCUT2D eigenvalue weighted by Crippen LogP contribution is -2.14. The largest absolute Gasteiger partial charge is 0.478 e.